The fourth-order valence-electron chi connectivity index (χ4n) is 2.39. The fourth-order valence-corrected chi connectivity index (χ4v) is 3.55. The number of hydrogen-bond acceptors (Lipinski definition) is 7. The molecule has 0 bridgehead atoms. The number of halogens is 1. The zero-order valence-electron chi connectivity index (χ0n) is 16.1. The van der Waals surface area contributed by atoms with Gasteiger partial charge >= 0.3 is 11.9 Å². The van der Waals surface area contributed by atoms with Crippen LogP contribution >= 0.6 is 11.6 Å². The number of hydrogen-bond donors (Lipinski definition) is 2. The number of benzene rings is 2. The van der Waals surface area contributed by atoms with Crippen LogP contribution in [0.5, 0.6) is 0 Å². The summed E-state index contributed by atoms with van der Waals surface area (Å²) in [6, 6.07) is 9.49. The molecule has 160 valence electrons. The Morgan fingerprint density at radius 2 is 1.60 bits per heavy atom. The lowest BCUT2D eigenvalue weighted by Crippen LogP contribution is -2.28. The summed E-state index contributed by atoms with van der Waals surface area (Å²) in [5, 5.41) is 2.87. The van der Waals surface area contributed by atoms with Crippen LogP contribution in [0.15, 0.2) is 47.4 Å². The first kappa shape index (κ1) is 23.3. The molecule has 0 aliphatic rings. The van der Waals surface area contributed by atoms with Gasteiger partial charge in [0.2, 0.25) is 15.9 Å². The molecule has 2 N–H and O–H groups in total. The Bertz CT molecular complexity index is 1050. The smallest absolute Gasteiger partial charge is 0.339 e. The van der Waals surface area contributed by atoms with E-state index < -0.39 is 27.9 Å². The van der Waals surface area contributed by atoms with Crippen LogP contribution in [0.4, 0.5) is 5.69 Å². The maximum atomic E-state index is 12.3. The number of ether oxygens (including phenoxy) is 2. The molecule has 11 heteroatoms. The van der Waals surface area contributed by atoms with E-state index in [1.165, 1.54) is 56.7 Å². The fraction of sp³-hybridized carbons (Fsp3) is 0.211. The van der Waals surface area contributed by atoms with E-state index in [0.29, 0.717) is 5.02 Å². The van der Waals surface area contributed by atoms with Gasteiger partial charge in [0.25, 0.3) is 0 Å². The molecule has 2 aromatic rings. The van der Waals surface area contributed by atoms with Gasteiger partial charge in [-0.3, -0.25) is 4.79 Å². The Morgan fingerprint density at radius 3 is 2.20 bits per heavy atom. The average molecular weight is 455 g/mol. The molecule has 0 aliphatic carbocycles. The van der Waals surface area contributed by atoms with Crippen LogP contribution in [0.25, 0.3) is 0 Å². The second-order valence-electron chi connectivity index (χ2n) is 5.89. The molecule has 1 amide bonds. The quantitative estimate of drug-likeness (QED) is 0.585. The van der Waals surface area contributed by atoms with Crippen molar-refractivity contribution in [1.82, 2.24) is 4.72 Å². The van der Waals surface area contributed by atoms with Crippen molar-refractivity contribution in [3.05, 3.63) is 58.6 Å². The SMILES string of the molecule is COC(=O)c1ccc(C(=O)OC)c(NC(=O)CCNS(=O)(=O)c2ccc(Cl)cc2)c1. The van der Waals surface area contributed by atoms with E-state index in [4.69, 9.17) is 11.6 Å². The van der Waals surface area contributed by atoms with Crippen LogP contribution in [0.1, 0.15) is 27.1 Å². The van der Waals surface area contributed by atoms with Crippen LogP contribution < -0.4 is 10.0 Å². The van der Waals surface area contributed by atoms with Crippen molar-refractivity contribution in [1.29, 1.82) is 0 Å². The van der Waals surface area contributed by atoms with E-state index >= 15 is 0 Å². The first-order chi connectivity index (χ1) is 14.2. The van der Waals surface area contributed by atoms with E-state index in [0.717, 1.165) is 0 Å². The highest BCUT2D eigenvalue weighted by Crippen LogP contribution is 2.20. The van der Waals surface area contributed by atoms with Crippen molar-refractivity contribution in [3.63, 3.8) is 0 Å². The van der Waals surface area contributed by atoms with Crippen molar-refractivity contribution < 1.29 is 32.3 Å². The zero-order valence-corrected chi connectivity index (χ0v) is 17.7. The van der Waals surface area contributed by atoms with E-state index in [1.807, 2.05) is 0 Å². The molecule has 0 saturated heterocycles. The molecule has 0 atom stereocenters. The van der Waals surface area contributed by atoms with Gasteiger partial charge in [-0.15, -0.1) is 0 Å². The summed E-state index contributed by atoms with van der Waals surface area (Å²) < 4.78 is 36.0. The molecular weight excluding hydrogens is 436 g/mol. The largest absolute Gasteiger partial charge is 0.465 e. The van der Waals surface area contributed by atoms with Gasteiger partial charge < -0.3 is 14.8 Å². The number of methoxy groups -OCH3 is 2. The Labute approximate surface area is 178 Å². The third-order valence-electron chi connectivity index (χ3n) is 3.89. The van der Waals surface area contributed by atoms with Gasteiger partial charge in [-0.05, 0) is 42.5 Å². The highest BCUT2D eigenvalue weighted by molar-refractivity contribution is 7.89. The number of amides is 1. The number of anilines is 1. The zero-order chi connectivity index (χ0) is 22.3. The molecule has 0 heterocycles. The highest BCUT2D eigenvalue weighted by atomic mass is 35.5. The molecule has 0 spiro atoms. The van der Waals surface area contributed by atoms with Crippen LogP contribution in [-0.4, -0.2) is 47.0 Å². The van der Waals surface area contributed by atoms with Crippen molar-refractivity contribution in [2.45, 2.75) is 11.3 Å². The predicted molar refractivity (Wildman–Crippen MR) is 109 cm³/mol. The molecule has 30 heavy (non-hydrogen) atoms. The van der Waals surface area contributed by atoms with Gasteiger partial charge in [0.15, 0.2) is 0 Å². The van der Waals surface area contributed by atoms with Gasteiger partial charge in [0.05, 0.1) is 35.9 Å². The lowest BCUT2D eigenvalue weighted by Gasteiger charge is -2.12. The molecule has 0 unspecified atom stereocenters. The minimum absolute atomic E-state index is 0.00562. The summed E-state index contributed by atoms with van der Waals surface area (Å²) in [7, 11) is -1.45. The number of rotatable bonds is 8. The van der Waals surface area contributed by atoms with Crippen LogP contribution in [0, 0.1) is 0 Å². The molecule has 2 rings (SSSR count). The molecule has 2 aromatic carbocycles. The van der Waals surface area contributed by atoms with E-state index in [2.05, 4.69) is 19.5 Å². The maximum Gasteiger partial charge on any atom is 0.339 e. The molecule has 0 fully saturated rings. The third kappa shape index (κ3) is 6.02. The normalized spacial score (nSPS) is 10.9. The number of esters is 2. The van der Waals surface area contributed by atoms with Crippen molar-refractivity contribution in [3.8, 4) is 0 Å². The molecule has 0 radical (unpaired) electrons. The monoisotopic (exact) mass is 454 g/mol. The molecule has 9 nitrogen and oxygen atoms in total. The maximum absolute atomic E-state index is 12.3. The van der Waals surface area contributed by atoms with Crippen molar-refractivity contribution in [2.75, 3.05) is 26.1 Å². The predicted octanol–water partition coefficient (Wildman–Crippen LogP) is 2.22. The van der Waals surface area contributed by atoms with Gasteiger partial charge in [-0.2, -0.15) is 0 Å². The minimum Gasteiger partial charge on any atom is -0.465 e. The number of nitrogens with one attached hydrogen (secondary N) is 2. The Kier molecular flexibility index (Phi) is 7.93. The van der Waals surface area contributed by atoms with Gasteiger partial charge in [-0.1, -0.05) is 11.6 Å². The highest BCUT2D eigenvalue weighted by Gasteiger charge is 2.18. The summed E-state index contributed by atoms with van der Waals surface area (Å²) in [5.41, 5.74) is 0.180. The van der Waals surface area contributed by atoms with Crippen LogP contribution in [-0.2, 0) is 24.3 Å². The van der Waals surface area contributed by atoms with Crippen molar-refractivity contribution in [2.24, 2.45) is 0 Å². The van der Waals surface area contributed by atoms with Crippen LogP contribution in [0.3, 0.4) is 0 Å². The summed E-state index contributed by atoms with van der Waals surface area (Å²) in [6.45, 7) is -0.193. The van der Waals surface area contributed by atoms with Crippen LogP contribution in [0.2, 0.25) is 5.02 Å². The minimum atomic E-state index is -3.82. The Hall–Kier alpha value is -2.95. The van der Waals surface area contributed by atoms with Gasteiger partial charge in [0, 0.05) is 18.0 Å². The Balaban J connectivity index is 2.07. The molecular formula is C19H19ClN2O7S. The van der Waals surface area contributed by atoms with Gasteiger partial charge in [-0.25, -0.2) is 22.7 Å². The summed E-state index contributed by atoms with van der Waals surface area (Å²) in [4.78, 5) is 35.9. The second-order valence-corrected chi connectivity index (χ2v) is 8.10. The number of sulfonamides is 1. The lowest BCUT2D eigenvalue weighted by atomic mass is 10.1. The second kappa shape index (κ2) is 10.2. The summed E-state index contributed by atoms with van der Waals surface area (Å²) in [5.74, 6) is -1.95. The summed E-state index contributed by atoms with van der Waals surface area (Å²) in [6.07, 6.45) is -0.226. The first-order valence-electron chi connectivity index (χ1n) is 8.53. The van der Waals surface area contributed by atoms with E-state index in [-0.39, 0.29) is 34.7 Å². The molecule has 0 saturated carbocycles. The van der Waals surface area contributed by atoms with E-state index in [1.54, 1.807) is 0 Å². The van der Waals surface area contributed by atoms with E-state index in [9.17, 15) is 22.8 Å². The third-order valence-corrected chi connectivity index (χ3v) is 5.62. The topological polar surface area (TPSA) is 128 Å². The number of carbonyl (C=O) groups is 3. The standard InChI is InChI=1S/C19H19ClN2O7S/c1-28-18(24)12-3-8-15(19(25)29-2)16(11-12)22-17(23)9-10-21-30(26,27)14-6-4-13(20)5-7-14/h3-8,11,21H,9-10H2,1-2H3,(H,22,23). The van der Waals surface area contributed by atoms with Gasteiger partial charge in [0.1, 0.15) is 0 Å². The average Bonchev–Trinajstić information content (AvgIpc) is 2.72. The Morgan fingerprint density at radius 1 is 0.967 bits per heavy atom. The van der Waals surface area contributed by atoms with Crippen molar-refractivity contribution >= 4 is 45.2 Å². The summed E-state index contributed by atoms with van der Waals surface area (Å²) >= 11 is 5.74. The molecule has 0 aromatic heterocycles. The molecule has 0 aliphatic heterocycles. The number of carbonyl (C=O) groups excluding carboxylic acids is 3. The lowest BCUT2D eigenvalue weighted by molar-refractivity contribution is -0.116. The first-order valence-corrected chi connectivity index (χ1v) is 10.4.